The van der Waals surface area contributed by atoms with Crippen LogP contribution in [0.15, 0.2) is 42.5 Å². The van der Waals surface area contributed by atoms with Gasteiger partial charge < -0.3 is 15.0 Å². The molecule has 210 valence electrons. The summed E-state index contributed by atoms with van der Waals surface area (Å²) in [5, 5.41) is 3.73. The lowest BCUT2D eigenvalue weighted by Crippen LogP contribution is -2.50. The molecule has 0 aliphatic heterocycles. The van der Waals surface area contributed by atoms with Crippen LogP contribution in [0.25, 0.3) is 0 Å². The number of nitrogens with zero attached hydrogens (tertiary/aromatic N) is 2. The van der Waals surface area contributed by atoms with E-state index in [2.05, 4.69) is 5.32 Å². The number of hydrogen-bond acceptors (Lipinski definition) is 5. The third-order valence-corrected chi connectivity index (χ3v) is 8.17. The largest absolute Gasteiger partial charge is 0.497 e. The Hall–Kier alpha value is -2.49. The first kappa shape index (κ1) is 31.7. The van der Waals surface area contributed by atoms with Gasteiger partial charge in [-0.15, -0.1) is 0 Å². The van der Waals surface area contributed by atoms with Crippen LogP contribution < -0.4 is 14.4 Å². The first-order chi connectivity index (χ1) is 17.9. The molecule has 0 radical (unpaired) electrons. The molecule has 0 aliphatic rings. The van der Waals surface area contributed by atoms with E-state index in [9.17, 15) is 18.0 Å². The molecule has 2 aromatic rings. The predicted molar refractivity (Wildman–Crippen MR) is 153 cm³/mol. The van der Waals surface area contributed by atoms with Crippen LogP contribution in [0.3, 0.4) is 0 Å². The standard InChI is InChI=1S/C27H37Cl2N3O5S/c1-6-19(3)30-27(34)25(7-2)31(18-20-10-15-23(28)24(29)17-20)26(33)9-8-16-32(38(5,35)36)21-11-13-22(37-4)14-12-21/h10-15,17,19,25H,6-9,16,18H2,1-5H3,(H,30,34)/t19-,25+/m1/s1. The second kappa shape index (κ2) is 14.6. The van der Waals surface area contributed by atoms with E-state index in [4.69, 9.17) is 27.9 Å². The lowest BCUT2D eigenvalue weighted by molar-refractivity contribution is -0.141. The Morgan fingerprint density at radius 2 is 1.68 bits per heavy atom. The van der Waals surface area contributed by atoms with Crippen molar-refractivity contribution in [3.8, 4) is 5.75 Å². The second-order valence-electron chi connectivity index (χ2n) is 9.15. The summed E-state index contributed by atoms with van der Waals surface area (Å²) in [7, 11) is -2.05. The van der Waals surface area contributed by atoms with Crippen molar-refractivity contribution in [2.24, 2.45) is 0 Å². The van der Waals surface area contributed by atoms with Gasteiger partial charge in [0.1, 0.15) is 11.8 Å². The van der Waals surface area contributed by atoms with Crippen LogP contribution in [0, 0.1) is 0 Å². The quantitative estimate of drug-likeness (QED) is 0.326. The van der Waals surface area contributed by atoms with Crippen LogP contribution in [-0.2, 0) is 26.2 Å². The van der Waals surface area contributed by atoms with Crippen LogP contribution in [0.2, 0.25) is 10.0 Å². The van der Waals surface area contributed by atoms with Gasteiger partial charge in [-0.05, 0) is 68.1 Å². The van der Waals surface area contributed by atoms with Gasteiger partial charge >= 0.3 is 0 Å². The van der Waals surface area contributed by atoms with Crippen LogP contribution in [-0.4, -0.2) is 57.1 Å². The van der Waals surface area contributed by atoms with Crippen LogP contribution in [0.4, 0.5) is 5.69 Å². The summed E-state index contributed by atoms with van der Waals surface area (Å²) in [5.74, 6) is 0.119. The van der Waals surface area contributed by atoms with Crippen LogP contribution in [0.1, 0.15) is 52.0 Å². The van der Waals surface area contributed by atoms with E-state index >= 15 is 0 Å². The highest BCUT2D eigenvalue weighted by Crippen LogP contribution is 2.25. The molecular formula is C27H37Cl2N3O5S. The lowest BCUT2D eigenvalue weighted by Gasteiger charge is -2.32. The van der Waals surface area contributed by atoms with Gasteiger partial charge in [-0.3, -0.25) is 13.9 Å². The molecule has 11 heteroatoms. The van der Waals surface area contributed by atoms with Crippen molar-refractivity contribution in [1.82, 2.24) is 10.2 Å². The molecule has 2 aromatic carbocycles. The molecule has 0 unspecified atom stereocenters. The normalized spacial score (nSPS) is 12.9. The summed E-state index contributed by atoms with van der Waals surface area (Å²) in [5.41, 5.74) is 1.21. The van der Waals surface area contributed by atoms with Crippen molar-refractivity contribution in [2.45, 2.75) is 65.1 Å². The Kier molecular flexibility index (Phi) is 12.2. The number of halogens is 2. The highest BCUT2D eigenvalue weighted by atomic mass is 35.5. The van der Waals surface area contributed by atoms with Crippen molar-refractivity contribution in [2.75, 3.05) is 24.2 Å². The second-order valence-corrected chi connectivity index (χ2v) is 11.9. The van der Waals surface area contributed by atoms with Crippen LogP contribution in [0.5, 0.6) is 5.75 Å². The molecule has 2 amide bonds. The van der Waals surface area contributed by atoms with Gasteiger partial charge in [0.05, 0.1) is 29.1 Å². The summed E-state index contributed by atoms with van der Waals surface area (Å²) >= 11 is 12.3. The molecule has 0 saturated heterocycles. The Morgan fingerprint density at radius 3 is 2.21 bits per heavy atom. The summed E-state index contributed by atoms with van der Waals surface area (Å²) in [6, 6.07) is 11.0. The van der Waals surface area contributed by atoms with Gasteiger partial charge in [0.15, 0.2) is 0 Å². The first-order valence-corrected chi connectivity index (χ1v) is 15.2. The zero-order valence-electron chi connectivity index (χ0n) is 22.5. The number of carbonyl (C=O) groups is 2. The molecule has 0 spiro atoms. The summed E-state index contributed by atoms with van der Waals surface area (Å²) in [6.07, 6.45) is 2.62. The zero-order chi connectivity index (χ0) is 28.5. The minimum absolute atomic E-state index is 0.0358. The van der Waals surface area contributed by atoms with Gasteiger partial charge in [0.2, 0.25) is 21.8 Å². The van der Waals surface area contributed by atoms with E-state index < -0.39 is 16.1 Å². The van der Waals surface area contributed by atoms with Crippen LogP contribution >= 0.6 is 23.2 Å². The van der Waals surface area contributed by atoms with Crippen molar-refractivity contribution in [3.05, 3.63) is 58.1 Å². The van der Waals surface area contributed by atoms with E-state index in [1.165, 1.54) is 16.3 Å². The summed E-state index contributed by atoms with van der Waals surface area (Å²) < 4.78 is 31.4. The fourth-order valence-electron chi connectivity index (χ4n) is 3.95. The Bertz CT molecular complexity index is 1190. The SMILES string of the molecule is CC[C@@H](C)NC(=O)[C@H](CC)N(Cc1ccc(Cl)c(Cl)c1)C(=O)CCCN(c1ccc(OC)cc1)S(C)(=O)=O. The van der Waals surface area contributed by atoms with Crippen molar-refractivity contribution < 1.29 is 22.7 Å². The Balaban J connectivity index is 2.24. The number of sulfonamides is 1. The molecule has 0 aliphatic carbocycles. The smallest absolute Gasteiger partial charge is 0.243 e. The van der Waals surface area contributed by atoms with E-state index in [0.717, 1.165) is 18.2 Å². The first-order valence-electron chi connectivity index (χ1n) is 12.6. The monoisotopic (exact) mass is 585 g/mol. The molecule has 2 rings (SSSR count). The van der Waals surface area contributed by atoms with E-state index in [1.807, 2.05) is 20.8 Å². The minimum Gasteiger partial charge on any atom is -0.497 e. The maximum atomic E-state index is 13.5. The number of methoxy groups -OCH3 is 1. The molecular weight excluding hydrogens is 549 g/mol. The Labute approximate surface area is 236 Å². The number of carbonyl (C=O) groups excluding carboxylic acids is 2. The molecule has 0 bridgehead atoms. The number of amides is 2. The van der Waals surface area contributed by atoms with Gasteiger partial charge in [-0.2, -0.15) is 0 Å². The molecule has 0 saturated carbocycles. The number of ether oxygens (including phenoxy) is 1. The molecule has 1 N–H and O–H groups in total. The third kappa shape index (κ3) is 9.06. The Morgan fingerprint density at radius 1 is 1.03 bits per heavy atom. The van der Waals surface area contributed by atoms with Gasteiger partial charge in [0, 0.05) is 25.6 Å². The average molecular weight is 587 g/mol. The number of anilines is 1. The highest BCUT2D eigenvalue weighted by molar-refractivity contribution is 7.92. The third-order valence-electron chi connectivity index (χ3n) is 6.24. The fraction of sp³-hybridized carbons (Fsp3) is 0.481. The van der Waals surface area contributed by atoms with E-state index in [-0.39, 0.29) is 43.8 Å². The maximum Gasteiger partial charge on any atom is 0.243 e. The van der Waals surface area contributed by atoms with Gasteiger partial charge in [0.25, 0.3) is 0 Å². The predicted octanol–water partition coefficient (Wildman–Crippen LogP) is 5.27. The fourth-order valence-corrected chi connectivity index (χ4v) is 5.23. The summed E-state index contributed by atoms with van der Waals surface area (Å²) in [6.45, 7) is 6.00. The molecule has 0 fully saturated rings. The highest BCUT2D eigenvalue weighted by Gasteiger charge is 2.29. The van der Waals surface area contributed by atoms with Gasteiger partial charge in [-0.25, -0.2) is 8.42 Å². The molecule has 38 heavy (non-hydrogen) atoms. The van der Waals surface area contributed by atoms with Crippen molar-refractivity contribution >= 4 is 50.7 Å². The number of rotatable bonds is 14. The molecule has 0 aromatic heterocycles. The molecule has 0 heterocycles. The zero-order valence-corrected chi connectivity index (χ0v) is 24.9. The topological polar surface area (TPSA) is 96.0 Å². The van der Waals surface area contributed by atoms with E-state index in [1.54, 1.807) is 42.5 Å². The van der Waals surface area contributed by atoms with Crippen molar-refractivity contribution in [3.63, 3.8) is 0 Å². The maximum absolute atomic E-state index is 13.5. The number of hydrogen-bond donors (Lipinski definition) is 1. The lowest BCUT2D eigenvalue weighted by atomic mass is 10.1. The number of benzene rings is 2. The molecule has 2 atom stereocenters. The number of nitrogens with one attached hydrogen (secondary N) is 1. The van der Waals surface area contributed by atoms with E-state index in [0.29, 0.717) is 27.9 Å². The minimum atomic E-state index is -3.59. The average Bonchev–Trinajstić information content (AvgIpc) is 2.87. The van der Waals surface area contributed by atoms with Crippen molar-refractivity contribution in [1.29, 1.82) is 0 Å². The molecule has 8 nitrogen and oxygen atoms in total. The summed E-state index contributed by atoms with van der Waals surface area (Å²) in [4.78, 5) is 28.2. The van der Waals surface area contributed by atoms with Gasteiger partial charge in [-0.1, -0.05) is 43.1 Å².